The maximum Gasteiger partial charge on any atom is 0.238 e. The fourth-order valence-electron chi connectivity index (χ4n) is 1.75. The van der Waals surface area contributed by atoms with Crippen molar-refractivity contribution in [3.05, 3.63) is 59.7 Å². The van der Waals surface area contributed by atoms with Crippen LogP contribution in [0.5, 0.6) is 0 Å². The molecule has 0 atom stereocenters. The minimum Gasteiger partial charge on any atom is -0.225 e. The highest BCUT2D eigenvalue weighted by Crippen LogP contribution is 2.11. The van der Waals surface area contributed by atoms with Crippen LogP contribution in [0, 0.1) is 13.8 Å². The second-order valence-corrected chi connectivity index (χ2v) is 7.68. The number of hydrogen-bond donors (Lipinski definition) is 2. The third-order valence-electron chi connectivity index (χ3n) is 2.80. The van der Waals surface area contributed by atoms with E-state index in [1.54, 1.807) is 50.2 Å². The number of sulfonamides is 2. The smallest absolute Gasteiger partial charge is 0.225 e. The van der Waals surface area contributed by atoms with Crippen molar-refractivity contribution >= 4 is 20.0 Å². The van der Waals surface area contributed by atoms with Crippen LogP contribution < -0.4 is 10.3 Å². The first-order valence-corrected chi connectivity index (χ1v) is 9.29. The normalized spacial score (nSPS) is 11.5. The Morgan fingerprint density at radius 1 is 0.636 bits per heavy atom. The highest BCUT2D eigenvalue weighted by Gasteiger charge is 2.09. The van der Waals surface area contributed by atoms with Gasteiger partial charge in [0.05, 0.1) is 9.79 Å². The van der Waals surface area contributed by atoms with Crippen molar-refractivity contribution in [1.82, 2.24) is 0 Å². The summed E-state index contributed by atoms with van der Waals surface area (Å²) in [6, 6.07) is 13.2. The molecule has 2 aromatic carbocycles. The fraction of sp³-hybridized carbons (Fsp3) is 0.143. The van der Waals surface area contributed by atoms with E-state index in [2.05, 4.69) is 0 Å². The molecular weight excluding hydrogens is 324 g/mol. The third kappa shape index (κ3) is 5.23. The van der Waals surface area contributed by atoms with Gasteiger partial charge in [-0.3, -0.25) is 0 Å². The van der Waals surface area contributed by atoms with Gasteiger partial charge in [0.25, 0.3) is 0 Å². The van der Waals surface area contributed by atoms with E-state index >= 15 is 0 Å². The molecule has 0 spiro atoms. The quantitative estimate of drug-likeness (QED) is 0.854. The Bertz CT molecular complexity index is 786. The summed E-state index contributed by atoms with van der Waals surface area (Å²) in [6.07, 6.45) is 0. The van der Waals surface area contributed by atoms with Gasteiger partial charge < -0.3 is 0 Å². The van der Waals surface area contributed by atoms with Gasteiger partial charge in [0.1, 0.15) is 0 Å². The lowest BCUT2D eigenvalue weighted by molar-refractivity contribution is 0.595. The minimum atomic E-state index is -3.53. The number of primary sulfonamides is 2. The molecule has 2 rings (SSSR count). The topological polar surface area (TPSA) is 120 Å². The zero-order valence-corrected chi connectivity index (χ0v) is 13.9. The summed E-state index contributed by atoms with van der Waals surface area (Å²) in [7, 11) is -7.07. The van der Waals surface area contributed by atoms with Crippen LogP contribution in [0.25, 0.3) is 0 Å². The third-order valence-corrected chi connectivity index (χ3v) is 4.94. The second kappa shape index (κ2) is 7.01. The molecule has 22 heavy (non-hydrogen) atoms. The Balaban J connectivity index is 0.000000220. The maximum absolute atomic E-state index is 10.8. The average Bonchev–Trinajstić information content (AvgIpc) is 2.37. The van der Waals surface area contributed by atoms with Crippen LogP contribution in [0.15, 0.2) is 58.3 Å². The van der Waals surface area contributed by atoms with Crippen molar-refractivity contribution in [2.45, 2.75) is 23.6 Å². The van der Waals surface area contributed by atoms with Gasteiger partial charge in [0, 0.05) is 0 Å². The Morgan fingerprint density at radius 2 is 0.909 bits per heavy atom. The second-order valence-electron chi connectivity index (χ2n) is 4.62. The largest absolute Gasteiger partial charge is 0.238 e. The van der Waals surface area contributed by atoms with E-state index < -0.39 is 20.0 Å². The summed E-state index contributed by atoms with van der Waals surface area (Å²) in [5, 5.41) is 9.86. The lowest BCUT2D eigenvalue weighted by atomic mass is 10.2. The highest BCUT2D eigenvalue weighted by atomic mass is 32.2. The van der Waals surface area contributed by atoms with Crippen LogP contribution in [-0.4, -0.2) is 16.8 Å². The van der Waals surface area contributed by atoms with Crippen molar-refractivity contribution in [2.75, 3.05) is 0 Å². The standard InChI is InChI=1S/2C7H9NO2S/c2*1-6-4-2-3-5-7(6)11(8,9)10/h2*2-5H,1H3,(H2,8,9,10). The van der Waals surface area contributed by atoms with E-state index in [0.29, 0.717) is 11.1 Å². The summed E-state index contributed by atoms with van der Waals surface area (Å²) in [6.45, 7) is 3.42. The first-order chi connectivity index (χ1) is 10.0. The molecule has 0 aliphatic heterocycles. The predicted octanol–water partition coefficient (Wildman–Crippen LogP) is 1.28. The first-order valence-electron chi connectivity index (χ1n) is 6.20. The van der Waals surface area contributed by atoms with Crippen LogP contribution in [0.4, 0.5) is 0 Å². The molecule has 0 amide bonds. The molecule has 0 fully saturated rings. The summed E-state index contributed by atoms with van der Waals surface area (Å²) < 4.78 is 43.3. The SMILES string of the molecule is Cc1ccccc1S(N)(=O)=O.Cc1ccccc1S(N)(=O)=O. The van der Waals surface area contributed by atoms with Crippen LogP contribution in [-0.2, 0) is 20.0 Å². The molecule has 2 aromatic rings. The molecule has 0 radical (unpaired) electrons. The van der Waals surface area contributed by atoms with E-state index in [1.165, 1.54) is 12.1 Å². The van der Waals surface area contributed by atoms with Crippen molar-refractivity contribution in [3.8, 4) is 0 Å². The van der Waals surface area contributed by atoms with Crippen LogP contribution in [0.3, 0.4) is 0 Å². The molecular formula is C14H18N2O4S2. The summed E-state index contributed by atoms with van der Waals surface area (Å²) in [5.41, 5.74) is 1.35. The van der Waals surface area contributed by atoms with Crippen molar-refractivity contribution in [3.63, 3.8) is 0 Å². The molecule has 8 heteroatoms. The van der Waals surface area contributed by atoms with Gasteiger partial charge in [0.2, 0.25) is 20.0 Å². The lowest BCUT2D eigenvalue weighted by Gasteiger charge is -2.00. The van der Waals surface area contributed by atoms with Gasteiger partial charge in [0.15, 0.2) is 0 Å². The summed E-state index contributed by atoms with van der Waals surface area (Å²) >= 11 is 0. The summed E-state index contributed by atoms with van der Waals surface area (Å²) in [4.78, 5) is 0.389. The zero-order chi connectivity index (χ0) is 17.0. The number of aryl methyl sites for hydroxylation is 2. The van der Waals surface area contributed by atoms with Crippen molar-refractivity contribution < 1.29 is 16.8 Å². The van der Waals surface area contributed by atoms with Crippen LogP contribution in [0.1, 0.15) is 11.1 Å². The van der Waals surface area contributed by atoms with Gasteiger partial charge in [-0.25, -0.2) is 27.1 Å². The molecule has 120 valence electrons. The molecule has 0 aliphatic rings. The molecule has 0 heterocycles. The van der Waals surface area contributed by atoms with E-state index in [9.17, 15) is 16.8 Å². The highest BCUT2D eigenvalue weighted by molar-refractivity contribution is 7.89. The van der Waals surface area contributed by atoms with Crippen LogP contribution >= 0.6 is 0 Å². The molecule has 0 saturated carbocycles. The van der Waals surface area contributed by atoms with E-state index in [-0.39, 0.29) is 9.79 Å². The predicted molar refractivity (Wildman–Crippen MR) is 85.1 cm³/mol. The molecule has 4 N–H and O–H groups in total. The number of hydrogen-bond acceptors (Lipinski definition) is 4. The van der Waals surface area contributed by atoms with Gasteiger partial charge in [-0.2, -0.15) is 0 Å². The fourth-order valence-corrected chi connectivity index (χ4v) is 3.32. The first kappa shape index (κ1) is 18.3. The number of nitrogens with two attached hydrogens (primary N) is 2. The van der Waals surface area contributed by atoms with Gasteiger partial charge >= 0.3 is 0 Å². The molecule has 0 aliphatic carbocycles. The van der Waals surface area contributed by atoms with Crippen molar-refractivity contribution in [1.29, 1.82) is 0 Å². The minimum absolute atomic E-state index is 0.194. The maximum atomic E-state index is 10.8. The number of benzene rings is 2. The molecule has 0 unspecified atom stereocenters. The zero-order valence-electron chi connectivity index (χ0n) is 12.2. The lowest BCUT2D eigenvalue weighted by Crippen LogP contribution is -2.13. The summed E-state index contributed by atoms with van der Waals surface area (Å²) in [5.74, 6) is 0. The average molecular weight is 342 g/mol. The molecule has 0 aromatic heterocycles. The van der Waals surface area contributed by atoms with Gasteiger partial charge in [-0.05, 0) is 37.1 Å². The Labute approximate surface area is 130 Å². The van der Waals surface area contributed by atoms with E-state index in [1.807, 2.05) is 0 Å². The molecule has 0 saturated heterocycles. The van der Waals surface area contributed by atoms with Crippen molar-refractivity contribution in [2.24, 2.45) is 10.3 Å². The van der Waals surface area contributed by atoms with E-state index in [0.717, 1.165) is 0 Å². The Kier molecular flexibility index (Phi) is 5.84. The molecule has 0 bridgehead atoms. The Morgan fingerprint density at radius 3 is 1.09 bits per heavy atom. The van der Waals surface area contributed by atoms with E-state index in [4.69, 9.17) is 10.3 Å². The molecule has 6 nitrogen and oxygen atoms in total. The van der Waals surface area contributed by atoms with Gasteiger partial charge in [-0.15, -0.1) is 0 Å². The monoisotopic (exact) mass is 342 g/mol. The van der Waals surface area contributed by atoms with Gasteiger partial charge in [-0.1, -0.05) is 36.4 Å². The van der Waals surface area contributed by atoms with Crippen LogP contribution in [0.2, 0.25) is 0 Å². The number of rotatable bonds is 2. The Hall–Kier alpha value is -1.74.